The molecular weight excluding hydrogens is 354 g/mol. The molecule has 1 aromatic carbocycles. The molecule has 0 aliphatic carbocycles. The maximum absolute atomic E-state index is 12.9. The Bertz CT molecular complexity index is 711. The Morgan fingerprint density at radius 1 is 1.19 bits per heavy atom. The van der Waals surface area contributed by atoms with Crippen LogP contribution in [0.25, 0.3) is 0 Å². The second-order valence-electron chi connectivity index (χ2n) is 6.30. The number of carbonyl (C=O) groups is 1. The van der Waals surface area contributed by atoms with E-state index in [1.165, 1.54) is 11.4 Å². The summed E-state index contributed by atoms with van der Waals surface area (Å²) in [6.45, 7) is 6.55. The molecule has 26 heavy (non-hydrogen) atoms. The molecule has 0 aromatic heterocycles. The van der Waals surface area contributed by atoms with Crippen molar-refractivity contribution in [2.24, 2.45) is 0 Å². The minimum Gasteiger partial charge on any atom is -0.375 e. The van der Waals surface area contributed by atoms with E-state index >= 15 is 0 Å². The average molecular weight is 384 g/mol. The first-order valence-electron chi connectivity index (χ1n) is 9.12. The number of hydrogen-bond donors (Lipinski definition) is 1. The second kappa shape index (κ2) is 9.34. The van der Waals surface area contributed by atoms with Gasteiger partial charge in [-0.2, -0.15) is 4.31 Å². The van der Waals surface area contributed by atoms with Gasteiger partial charge in [0.25, 0.3) is 0 Å². The molecule has 0 unspecified atom stereocenters. The smallest absolute Gasteiger partial charge is 0.250 e. The lowest BCUT2D eigenvalue weighted by molar-refractivity contribution is -0.119. The van der Waals surface area contributed by atoms with Gasteiger partial charge in [0.1, 0.15) is 6.61 Å². The van der Waals surface area contributed by atoms with E-state index in [4.69, 9.17) is 4.74 Å². The summed E-state index contributed by atoms with van der Waals surface area (Å²) in [5.74, 6) is -0.312. The molecule has 0 radical (unpaired) electrons. The Morgan fingerprint density at radius 2 is 1.85 bits per heavy atom. The van der Waals surface area contributed by atoms with Gasteiger partial charge in [0.05, 0.1) is 16.3 Å². The summed E-state index contributed by atoms with van der Waals surface area (Å²) >= 11 is 0. The minimum absolute atomic E-state index is 0.0825. The Morgan fingerprint density at radius 3 is 2.42 bits per heavy atom. The molecule has 2 rings (SSSR count). The van der Waals surface area contributed by atoms with E-state index in [1.54, 1.807) is 18.2 Å². The van der Waals surface area contributed by atoms with E-state index in [0.29, 0.717) is 18.8 Å². The lowest BCUT2D eigenvalue weighted by atomic mass is 10.2. The molecule has 146 valence electrons. The molecule has 7 nitrogen and oxygen atoms in total. The summed E-state index contributed by atoms with van der Waals surface area (Å²) < 4.78 is 32.3. The number of sulfonamides is 1. The topological polar surface area (TPSA) is 79.0 Å². The molecule has 0 spiro atoms. The summed E-state index contributed by atoms with van der Waals surface area (Å²) in [6, 6.07) is 4.96. The van der Waals surface area contributed by atoms with Crippen LogP contribution in [0.1, 0.15) is 33.1 Å². The Labute approximate surface area is 156 Å². The lowest BCUT2D eigenvalue weighted by Gasteiger charge is -2.28. The van der Waals surface area contributed by atoms with Gasteiger partial charge in [-0.15, -0.1) is 0 Å². The predicted molar refractivity (Wildman–Crippen MR) is 103 cm³/mol. The highest BCUT2D eigenvalue weighted by atomic mass is 32.2. The van der Waals surface area contributed by atoms with Crippen LogP contribution in [0, 0.1) is 0 Å². The third-order valence-corrected chi connectivity index (χ3v) is 6.47. The largest absolute Gasteiger partial charge is 0.375 e. The van der Waals surface area contributed by atoms with Gasteiger partial charge in [-0.3, -0.25) is 4.79 Å². The van der Waals surface area contributed by atoms with Crippen LogP contribution in [0.15, 0.2) is 23.1 Å². The van der Waals surface area contributed by atoms with Gasteiger partial charge in [-0.25, -0.2) is 8.42 Å². The molecule has 1 aromatic rings. The first kappa shape index (κ1) is 20.7. The van der Waals surface area contributed by atoms with Crippen LogP contribution in [0.3, 0.4) is 0 Å². The van der Waals surface area contributed by atoms with Gasteiger partial charge in [0.15, 0.2) is 0 Å². The number of benzene rings is 1. The number of piperidine rings is 1. The van der Waals surface area contributed by atoms with Gasteiger partial charge in [0.2, 0.25) is 15.9 Å². The van der Waals surface area contributed by atoms with Crippen molar-refractivity contribution in [3.05, 3.63) is 18.2 Å². The monoisotopic (exact) mass is 383 g/mol. The molecular formula is C18H29N3O4S. The van der Waals surface area contributed by atoms with Gasteiger partial charge < -0.3 is 15.0 Å². The fourth-order valence-electron chi connectivity index (χ4n) is 3.19. The lowest BCUT2D eigenvalue weighted by Crippen LogP contribution is -2.35. The molecule has 1 aliphatic heterocycles. The number of methoxy groups -OCH3 is 1. The Kier molecular flexibility index (Phi) is 7.43. The first-order chi connectivity index (χ1) is 12.4. The van der Waals surface area contributed by atoms with Crippen LogP contribution >= 0.6 is 0 Å². The van der Waals surface area contributed by atoms with Crippen LogP contribution in [-0.2, 0) is 19.6 Å². The molecule has 8 heteroatoms. The third kappa shape index (κ3) is 4.75. The van der Waals surface area contributed by atoms with E-state index in [1.807, 2.05) is 13.8 Å². The van der Waals surface area contributed by atoms with Crippen LogP contribution in [-0.4, -0.2) is 58.5 Å². The molecule has 0 bridgehead atoms. The number of rotatable bonds is 8. The summed E-state index contributed by atoms with van der Waals surface area (Å²) in [4.78, 5) is 14.3. The summed E-state index contributed by atoms with van der Waals surface area (Å²) in [7, 11) is -2.11. The predicted octanol–water partition coefficient (Wildman–Crippen LogP) is 2.29. The van der Waals surface area contributed by atoms with Crippen molar-refractivity contribution in [2.45, 2.75) is 38.0 Å². The standard InChI is InChI=1S/C18H29N3O4S/c1-4-20(5-2)17-10-9-15(13-16(17)19-18(22)14-25-3)26(23,24)21-11-7-6-8-12-21/h9-10,13H,4-8,11-12,14H2,1-3H3,(H,19,22). The highest BCUT2D eigenvalue weighted by Crippen LogP contribution is 2.31. The van der Waals surface area contributed by atoms with Crippen molar-refractivity contribution in [3.8, 4) is 0 Å². The molecule has 0 atom stereocenters. The van der Waals surface area contributed by atoms with Crippen molar-refractivity contribution < 1.29 is 17.9 Å². The summed E-state index contributed by atoms with van der Waals surface area (Å²) in [6.07, 6.45) is 2.83. The molecule has 1 heterocycles. The maximum Gasteiger partial charge on any atom is 0.250 e. The number of nitrogens with zero attached hydrogens (tertiary/aromatic N) is 2. The fourth-order valence-corrected chi connectivity index (χ4v) is 4.73. The Hall–Kier alpha value is -1.64. The highest BCUT2D eigenvalue weighted by molar-refractivity contribution is 7.89. The van der Waals surface area contributed by atoms with Crippen LogP contribution < -0.4 is 10.2 Å². The zero-order chi connectivity index (χ0) is 19.2. The third-order valence-electron chi connectivity index (χ3n) is 4.57. The number of anilines is 2. The van der Waals surface area contributed by atoms with Gasteiger partial charge in [0, 0.05) is 33.3 Å². The maximum atomic E-state index is 12.9. The van der Waals surface area contributed by atoms with Crippen molar-refractivity contribution in [1.29, 1.82) is 0 Å². The number of carbonyl (C=O) groups excluding carboxylic acids is 1. The number of ether oxygens (including phenoxy) is 1. The second-order valence-corrected chi connectivity index (χ2v) is 8.24. The SMILES string of the molecule is CCN(CC)c1ccc(S(=O)(=O)N2CCCCC2)cc1NC(=O)COC. The van der Waals surface area contributed by atoms with E-state index in [2.05, 4.69) is 10.2 Å². The number of hydrogen-bond acceptors (Lipinski definition) is 5. The average Bonchev–Trinajstić information content (AvgIpc) is 2.64. The van der Waals surface area contributed by atoms with Crippen molar-refractivity contribution in [1.82, 2.24) is 4.31 Å². The van der Waals surface area contributed by atoms with E-state index < -0.39 is 10.0 Å². The number of amides is 1. The molecule has 1 amide bonds. The van der Waals surface area contributed by atoms with E-state index in [-0.39, 0.29) is 17.4 Å². The summed E-state index contributed by atoms with van der Waals surface area (Å²) in [5, 5.41) is 2.79. The highest BCUT2D eigenvalue weighted by Gasteiger charge is 2.27. The van der Waals surface area contributed by atoms with Crippen LogP contribution in [0.2, 0.25) is 0 Å². The van der Waals surface area contributed by atoms with Gasteiger partial charge in [-0.05, 0) is 44.9 Å². The zero-order valence-electron chi connectivity index (χ0n) is 15.8. The number of nitrogens with one attached hydrogen (secondary N) is 1. The van der Waals surface area contributed by atoms with Crippen molar-refractivity contribution in [2.75, 3.05) is 50.1 Å². The van der Waals surface area contributed by atoms with Crippen LogP contribution in [0.4, 0.5) is 11.4 Å². The molecule has 0 saturated carbocycles. The van der Waals surface area contributed by atoms with Crippen LogP contribution in [0.5, 0.6) is 0 Å². The minimum atomic E-state index is -3.56. The van der Waals surface area contributed by atoms with Gasteiger partial charge >= 0.3 is 0 Å². The van der Waals surface area contributed by atoms with Crippen molar-refractivity contribution in [3.63, 3.8) is 0 Å². The summed E-state index contributed by atoms with van der Waals surface area (Å²) in [5.41, 5.74) is 1.30. The van der Waals surface area contributed by atoms with Crippen molar-refractivity contribution >= 4 is 27.3 Å². The first-order valence-corrected chi connectivity index (χ1v) is 10.6. The molecule has 1 fully saturated rings. The molecule has 1 aliphatic rings. The Balaban J connectivity index is 2.40. The van der Waals surface area contributed by atoms with Gasteiger partial charge in [-0.1, -0.05) is 6.42 Å². The van der Waals surface area contributed by atoms with E-state index in [0.717, 1.165) is 38.0 Å². The quantitative estimate of drug-likeness (QED) is 0.745. The zero-order valence-corrected chi connectivity index (χ0v) is 16.6. The van der Waals surface area contributed by atoms with E-state index in [9.17, 15) is 13.2 Å². The fraction of sp³-hybridized carbons (Fsp3) is 0.611. The normalized spacial score (nSPS) is 15.7. The molecule has 1 saturated heterocycles. The molecule has 1 N–H and O–H groups in total.